The Balaban J connectivity index is 2.37. The number of barbiturate groups is 1. The number of imide groups is 2. The van der Waals surface area contributed by atoms with Crippen molar-refractivity contribution < 1.29 is 18.8 Å². The molecule has 0 saturated carbocycles. The molecule has 1 fully saturated rings. The monoisotopic (exact) mass is 234 g/mol. The number of hydrogen-bond donors (Lipinski definition) is 1. The molecule has 0 spiro atoms. The molecule has 6 heteroatoms. The molecule has 88 valence electrons. The van der Waals surface area contributed by atoms with Crippen LogP contribution >= 0.6 is 0 Å². The maximum absolute atomic E-state index is 11.7. The lowest BCUT2D eigenvalue weighted by atomic mass is 10.1. The van der Waals surface area contributed by atoms with Gasteiger partial charge in [0.2, 0.25) is 0 Å². The summed E-state index contributed by atoms with van der Waals surface area (Å²) < 4.78 is 5.23. The number of furan rings is 1. The molecule has 1 saturated heterocycles. The standard InChI is InChI=1S/C11H10N2O4/c1-6-3-4-7(17-6)5-8-9(14)12-11(16)13(2)10(8)15/h3-5H,1-2H3,(H,12,14,16). The van der Waals surface area contributed by atoms with Crippen molar-refractivity contribution in [3.05, 3.63) is 29.2 Å². The SMILES string of the molecule is Cc1ccc(C=C2C(=O)NC(=O)N(C)C2=O)o1. The van der Waals surface area contributed by atoms with Crippen LogP contribution in [0.25, 0.3) is 6.08 Å². The van der Waals surface area contributed by atoms with Crippen molar-refractivity contribution in [3.8, 4) is 0 Å². The highest BCUT2D eigenvalue weighted by Crippen LogP contribution is 2.15. The van der Waals surface area contributed by atoms with Crippen molar-refractivity contribution >= 4 is 23.9 Å². The van der Waals surface area contributed by atoms with Gasteiger partial charge in [-0.15, -0.1) is 0 Å². The molecular weight excluding hydrogens is 224 g/mol. The number of aryl methyl sites for hydroxylation is 1. The smallest absolute Gasteiger partial charge is 0.331 e. The average Bonchev–Trinajstić information content (AvgIpc) is 2.67. The molecule has 0 bridgehead atoms. The highest BCUT2D eigenvalue weighted by Gasteiger charge is 2.33. The maximum Gasteiger partial charge on any atom is 0.331 e. The molecule has 2 rings (SSSR count). The van der Waals surface area contributed by atoms with Crippen molar-refractivity contribution in [2.24, 2.45) is 0 Å². The molecule has 1 aromatic heterocycles. The Hall–Kier alpha value is -2.37. The molecule has 2 heterocycles. The van der Waals surface area contributed by atoms with E-state index in [1.807, 2.05) is 0 Å². The van der Waals surface area contributed by atoms with Crippen LogP contribution in [0.4, 0.5) is 4.79 Å². The van der Waals surface area contributed by atoms with Gasteiger partial charge in [0.05, 0.1) is 0 Å². The van der Waals surface area contributed by atoms with Crippen molar-refractivity contribution in [2.45, 2.75) is 6.92 Å². The van der Waals surface area contributed by atoms with Crippen LogP contribution in [0.3, 0.4) is 0 Å². The summed E-state index contributed by atoms with van der Waals surface area (Å²) in [6.07, 6.45) is 1.31. The first-order valence-electron chi connectivity index (χ1n) is 4.90. The lowest BCUT2D eigenvalue weighted by Crippen LogP contribution is -2.52. The number of urea groups is 1. The number of rotatable bonds is 1. The van der Waals surface area contributed by atoms with E-state index in [0.717, 1.165) is 4.90 Å². The van der Waals surface area contributed by atoms with Crippen LogP contribution in [0.2, 0.25) is 0 Å². The third-order valence-electron chi connectivity index (χ3n) is 2.35. The fourth-order valence-electron chi connectivity index (χ4n) is 1.42. The predicted molar refractivity (Wildman–Crippen MR) is 57.7 cm³/mol. The van der Waals surface area contributed by atoms with Crippen molar-refractivity contribution in [1.82, 2.24) is 10.2 Å². The Morgan fingerprint density at radius 3 is 2.59 bits per heavy atom. The summed E-state index contributed by atoms with van der Waals surface area (Å²) >= 11 is 0. The van der Waals surface area contributed by atoms with E-state index in [-0.39, 0.29) is 5.57 Å². The first kappa shape index (κ1) is 11.1. The Morgan fingerprint density at radius 1 is 1.29 bits per heavy atom. The van der Waals surface area contributed by atoms with Gasteiger partial charge in [0.25, 0.3) is 11.8 Å². The van der Waals surface area contributed by atoms with Gasteiger partial charge in [0.1, 0.15) is 17.1 Å². The van der Waals surface area contributed by atoms with Crippen LogP contribution in [0.1, 0.15) is 11.5 Å². The summed E-state index contributed by atoms with van der Waals surface area (Å²) in [5, 5.41) is 2.05. The number of hydrogen-bond acceptors (Lipinski definition) is 4. The molecule has 0 aromatic carbocycles. The van der Waals surface area contributed by atoms with Crippen LogP contribution in [-0.2, 0) is 9.59 Å². The van der Waals surface area contributed by atoms with Gasteiger partial charge < -0.3 is 4.42 Å². The first-order valence-corrected chi connectivity index (χ1v) is 4.90. The number of likely N-dealkylation sites (N-methyl/N-ethyl adjacent to an activating group) is 1. The fraction of sp³-hybridized carbons (Fsp3) is 0.182. The molecule has 1 N–H and O–H groups in total. The number of carbonyl (C=O) groups is 3. The van der Waals surface area contributed by atoms with Crippen LogP contribution in [0.5, 0.6) is 0 Å². The van der Waals surface area contributed by atoms with E-state index < -0.39 is 17.8 Å². The summed E-state index contributed by atoms with van der Waals surface area (Å²) in [5.74, 6) is -0.298. The minimum Gasteiger partial charge on any atom is -0.462 e. The third kappa shape index (κ3) is 1.96. The van der Waals surface area contributed by atoms with E-state index in [1.54, 1.807) is 19.1 Å². The van der Waals surface area contributed by atoms with E-state index in [9.17, 15) is 14.4 Å². The van der Waals surface area contributed by atoms with E-state index >= 15 is 0 Å². The molecule has 17 heavy (non-hydrogen) atoms. The van der Waals surface area contributed by atoms with Gasteiger partial charge >= 0.3 is 6.03 Å². The second-order valence-electron chi connectivity index (χ2n) is 3.63. The molecule has 0 atom stereocenters. The summed E-state index contributed by atoms with van der Waals surface area (Å²) in [6.45, 7) is 1.75. The average molecular weight is 234 g/mol. The van der Waals surface area contributed by atoms with Gasteiger partial charge in [-0.05, 0) is 25.1 Å². The molecule has 1 aliphatic heterocycles. The second-order valence-corrected chi connectivity index (χ2v) is 3.63. The number of amides is 4. The van der Waals surface area contributed by atoms with E-state index in [0.29, 0.717) is 11.5 Å². The Kier molecular flexibility index (Phi) is 2.55. The van der Waals surface area contributed by atoms with E-state index in [2.05, 4.69) is 5.32 Å². The minimum absolute atomic E-state index is 0.124. The quantitative estimate of drug-likeness (QED) is 0.572. The fourth-order valence-corrected chi connectivity index (χ4v) is 1.42. The van der Waals surface area contributed by atoms with Crippen LogP contribution in [0, 0.1) is 6.92 Å². The van der Waals surface area contributed by atoms with Gasteiger partial charge in [-0.3, -0.25) is 19.8 Å². The van der Waals surface area contributed by atoms with Crippen LogP contribution < -0.4 is 5.32 Å². The zero-order valence-electron chi connectivity index (χ0n) is 9.31. The van der Waals surface area contributed by atoms with Gasteiger partial charge in [-0.1, -0.05) is 0 Å². The Morgan fingerprint density at radius 2 is 2.00 bits per heavy atom. The number of carbonyl (C=O) groups excluding carboxylic acids is 3. The third-order valence-corrected chi connectivity index (χ3v) is 2.35. The largest absolute Gasteiger partial charge is 0.462 e. The van der Waals surface area contributed by atoms with E-state index in [1.165, 1.54) is 13.1 Å². The molecule has 0 aliphatic carbocycles. The highest BCUT2D eigenvalue weighted by atomic mass is 16.3. The summed E-state index contributed by atoms with van der Waals surface area (Å²) in [7, 11) is 1.30. The molecule has 1 aliphatic rings. The summed E-state index contributed by atoms with van der Waals surface area (Å²) in [6, 6.07) is 2.62. The lowest BCUT2D eigenvalue weighted by Gasteiger charge is -2.21. The normalized spacial score (nSPS) is 18.8. The zero-order valence-corrected chi connectivity index (χ0v) is 9.31. The molecule has 6 nitrogen and oxygen atoms in total. The Labute approximate surface area is 96.9 Å². The van der Waals surface area contributed by atoms with Crippen LogP contribution in [0.15, 0.2) is 22.1 Å². The molecule has 0 unspecified atom stereocenters. The molecule has 1 aromatic rings. The zero-order chi connectivity index (χ0) is 12.6. The Bertz CT molecular complexity index is 541. The maximum atomic E-state index is 11.7. The topological polar surface area (TPSA) is 79.6 Å². The summed E-state index contributed by atoms with van der Waals surface area (Å²) in [5.41, 5.74) is -0.124. The lowest BCUT2D eigenvalue weighted by molar-refractivity contribution is -0.129. The van der Waals surface area contributed by atoms with Gasteiger partial charge in [-0.25, -0.2) is 4.79 Å². The van der Waals surface area contributed by atoms with Gasteiger partial charge in [0, 0.05) is 7.05 Å². The predicted octanol–water partition coefficient (Wildman–Crippen LogP) is 0.680. The van der Waals surface area contributed by atoms with Gasteiger partial charge in [0.15, 0.2) is 0 Å². The number of nitrogens with one attached hydrogen (secondary N) is 1. The van der Waals surface area contributed by atoms with Crippen LogP contribution in [-0.4, -0.2) is 29.8 Å². The first-order chi connectivity index (χ1) is 7.99. The van der Waals surface area contributed by atoms with E-state index in [4.69, 9.17) is 4.42 Å². The highest BCUT2D eigenvalue weighted by molar-refractivity contribution is 6.30. The van der Waals surface area contributed by atoms with Gasteiger partial charge in [-0.2, -0.15) is 0 Å². The van der Waals surface area contributed by atoms with Crippen molar-refractivity contribution in [1.29, 1.82) is 0 Å². The summed E-state index contributed by atoms with van der Waals surface area (Å²) in [4.78, 5) is 35.1. The molecule has 0 radical (unpaired) electrons. The van der Waals surface area contributed by atoms with Crippen molar-refractivity contribution in [2.75, 3.05) is 7.05 Å². The van der Waals surface area contributed by atoms with Crippen molar-refractivity contribution in [3.63, 3.8) is 0 Å². The minimum atomic E-state index is -0.729. The number of nitrogens with zero attached hydrogens (tertiary/aromatic N) is 1. The molecule has 4 amide bonds. The second kappa shape index (κ2) is 3.89. The molecular formula is C11H10N2O4.